The first-order valence-electron chi connectivity index (χ1n) is 9.68. The minimum Gasteiger partial charge on any atom is -0.327 e. The first-order valence-corrected chi connectivity index (χ1v) is 10.7. The van der Waals surface area contributed by atoms with E-state index in [4.69, 9.17) is 4.98 Å². The monoisotopic (exact) mass is 367 g/mol. The SMILES string of the molecule is CCCCn1c(CNCc2ccccc2)nc2ccc(SCCC)cc21. The Balaban J connectivity index is 1.78. The van der Waals surface area contributed by atoms with E-state index in [-0.39, 0.29) is 0 Å². The Kier molecular flexibility index (Phi) is 7.15. The van der Waals surface area contributed by atoms with Gasteiger partial charge in [0.1, 0.15) is 5.82 Å². The van der Waals surface area contributed by atoms with Gasteiger partial charge in [-0.05, 0) is 42.4 Å². The number of aromatic nitrogens is 2. The predicted molar refractivity (Wildman–Crippen MR) is 113 cm³/mol. The topological polar surface area (TPSA) is 29.9 Å². The normalized spacial score (nSPS) is 11.3. The maximum Gasteiger partial charge on any atom is 0.123 e. The van der Waals surface area contributed by atoms with Crippen LogP contribution in [0.25, 0.3) is 11.0 Å². The second kappa shape index (κ2) is 9.79. The molecule has 0 spiro atoms. The van der Waals surface area contributed by atoms with Crippen LogP contribution in [0.4, 0.5) is 0 Å². The zero-order valence-corrected chi connectivity index (χ0v) is 16.7. The van der Waals surface area contributed by atoms with E-state index in [1.807, 2.05) is 11.8 Å². The third-order valence-corrected chi connectivity index (χ3v) is 5.66. The Morgan fingerprint density at radius 1 is 1.00 bits per heavy atom. The lowest BCUT2D eigenvalue weighted by molar-refractivity contribution is 0.580. The molecule has 0 aliphatic heterocycles. The molecule has 0 atom stereocenters. The molecule has 0 bridgehead atoms. The van der Waals surface area contributed by atoms with E-state index in [1.54, 1.807) is 0 Å². The van der Waals surface area contributed by atoms with Crippen LogP contribution in [0.5, 0.6) is 0 Å². The van der Waals surface area contributed by atoms with Crippen molar-refractivity contribution in [3.8, 4) is 0 Å². The van der Waals surface area contributed by atoms with Crippen LogP contribution < -0.4 is 5.32 Å². The Morgan fingerprint density at radius 3 is 2.62 bits per heavy atom. The summed E-state index contributed by atoms with van der Waals surface area (Å²) in [4.78, 5) is 6.26. The fourth-order valence-corrected chi connectivity index (χ4v) is 3.88. The number of thioether (sulfide) groups is 1. The molecule has 0 fully saturated rings. The highest BCUT2D eigenvalue weighted by Gasteiger charge is 2.11. The molecule has 0 unspecified atom stereocenters. The number of imidazole rings is 1. The molecule has 2 aromatic carbocycles. The highest BCUT2D eigenvalue weighted by Crippen LogP contribution is 2.25. The van der Waals surface area contributed by atoms with Gasteiger partial charge in [0.2, 0.25) is 0 Å². The van der Waals surface area contributed by atoms with Crippen molar-refractivity contribution in [2.75, 3.05) is 5.75 Å². The lowest BCUT2D eigenvalue weighted by Crippen LogP contribution is -2.17. The van der Waals surface area contributed by atoms with Crippen LogP contribution in [-0.2, 0) is 19.6 Å². The van der Waals surface area contributed by atoms with Crippen molar-refractivity contribution < 1.29 is 0 Å². The average molecular weight is 368 g/mol. The van der Waals surface area contributed by atoms with Gasteiger partial charge >= 0.3 is 0 Å². The molecule has 1 aromatic heterocycles. The molecule has 1 N–H and O–H groups in total. The molecule has 4 heteroatoms. The molecule has 0 amide bonds. The summed E-state index contributed by atoms with van der Waals surface area (Å²) in [6.45, 7) is 7.18. The number of unbranched alkanes of at least 4 members (excludes halogenated alkanes) is 1. The first kappa shape index (κ1) is 19.0. The first-order chi connectivity index (χ1) is 12.8. The van der Waals surface area contributed by atoms with Crippen LogP contribution in [0.2, 0.25) is 0 Å². The maximum absolute atomic E-state index is 4.91. The van der Waals surface area contributed by atoms with Crippen molar-refractivity contribution in [1.82, 2.24) is 14.9 Å². The quantitative estimate of drug-likeness (QED) is 0.471. The molecule has 3 rings (SSSR count). The van der Waals surface area contributed by atoms with Gasteiger partial charge in [-0.25, -0.2) is 4.98 Å². The molecular weight excluding hydrogens is 338 g/mol. The van der Waals surface area contributed by atoms with Gasteiger partial charge in [0.25, 0.3) is 0 Å². The standard InChI is InChI=1S/C22H29N3S/c1-3-5-13-25-21-15-19(26-14-4-2)11-12-20(21)24-22(25)17-23-16-18-9-7-6-8-10-18/h6-12,15,23H,3-5,13-14,16-17H2,1-2H3. The molecule has 26 heavy (non-hydrogen) atoms. The van der Waals surface area contributed by atoms with Gasteiger partial charge in [0.05, 0.1) is 17.6 Å². The molecule has 138 valence electrons. The van der Waals surface area contributed by atoms with E-state index in [0.29, 0.717) is 0 Å². The van der Waals surface area contributed by atoms with Crippen LogP contribution in [-0.4, -0.2) is 15.3 Å². The molecule has 0 aliphatic carbocycles. The summed E-state index contributed by atoms with van der Waals surface area (Å²) in [5, 5.41) is 3.56. The van der Waals surface area contributed by atoms with Crippen LogP contribution >= 0.6 is 11.8 Å². The molecule has 0 radical (unpaired) electrons. The Hall–Kier alpha value is -1.78. The Labute approximate surface area is 161 Å². The predicted octanol–water partition coefficient (Wildman–Crippen LogP) is 5.63. The van der Waals surface area contributed by atoms with Crippen molar-refractivity contribution in [3.63, 3.8) is 0 Å². The summed E-state index contributed by atoms with van der Waals surface area (Å²) in [5.41, 5.74) is 3.69. The largest absolute Gasteiger partial charge is 0.327 e. The third-order valence-electron chi connectivity index (χ3n) is 4.46. The molecule has 3 aromatic rings. The number of rotatable bonds is 10. The summed E-state index contributed by atoms with van der Waals surface area (Å²) in [7, 11) is 0. The summed E-state index contributed by atoms with van der Waals surface area (Å²) in [6, 6.07) is 17.2. The lowest BCUT2D eigenvalue weighted by Gasteiger charge is -2.10. The second-order valence-electron chi connectivity index (χ2n) is 6.62. The van der Waals surface area contributed by atoms with Gasteiger partial charge in [-0.2, -0.15) is 0 Å². The smallest absolute Gasteiger partial charge is 0.123 e. The summed E-state index contributed by atoms with van der Waals surface area (Å²) in [6.07, 6.45) is 3.58. The number of nitrogens with one attached hydrogen (secondary N) is 1. The van der Waals surface area contributed by atoms with Crippen molar-refractivity contribution in [3.05, 3.63) is 59.9 Å². The van der Waals surface area contributed by atoms with Gasteiger partial charge in [-0.1, -0.05) is 50.6 Å². The van der Waals surface area contributed by atoms with Crippen molar-refractivity contribution >= 4 is 22.8 Å². The van der Waals surface area contributed by atoms with Crippen molar-refractivity contribution in [2.24, 2.45) is 0 Å². The minimum atomic E-state index is 0.796. The Bertz CT molecular complexity index is 811. The zero-order chi connectivity index (χ0) is 18.2. The van der Waals surface area contributed by atoms with E-state index in [2.05, 4.69) is 72.3 Å². The van der Waals surface area contributed by atoms with Crippen LogP contribution in [0.15, 0.2) is 53.4 Å². The minimum absolute atomic E-state index is 0.796. The van der Waals surface area contributed by atoms with Crippen LogP contribution in [0, 0.1) is 0 Å². The molecular formula is C22H29N3S. The lowest BCUT2D eigenvalue weighted by atomic mass is 10.2. The molecule has 0 saturated carbocycles. The average Bonchev–Trinajstić information content (AvgIpc) is 3.02. The van der Waals surface area contributed by atoms with E-state index in [9.17, 15) is 0 Å². The van der Waals surface area contributed by atoms with Gasteiger partial charge < -0.3 is 9.88 Å². The second-order valence-corrected chi connectivity index (χ2v) is 7.79. The fraction of sp³-hybridized carbons (Fsp3) is 0.409. The van der Waals surface area contributed by atoms with Crippen LogP contribution in [0.3, 0.4) is 0 Å². The van der Waals surface area contributed by atoms with Crippen molar-refractivity contribution in [1.29, 1.82) is 0 Å². The molecule has 0 aliphatic rings. The number of hydrogen-bond acceptors (Lipinski definition) is 3. The fourth-order valence-electron chi connectivity index (χ4n) is 3.08. The highest BCUT2D eigenvalue weighted by molar-refractivity contribution is 7.99. The van der Waals surface area contributed by atoms with Gasteiger partial charge in [0.15, 0.2) is 0 Å². The van der Waals surface area contributed by atoms with E-state index < -0.39 is 0 Å². The Morgan fingerprint density at radius 2 is 1.85 bits per heavy atom. The molecule has 0 saturated heterocycles. The molecule has 1 heterocycles. The third kappa shape index (κ3) is 4.89. The zero-order valence-electron chi connectivity index (χ0n) is 15.9. The van der Waals surface area contributed by atoms with Gasteiger partial charge in [-0.15, -0.1) is 11.8 Å². The van der Waals surface area contributed by atoms with E-state index >= 15 is 0 Å². The van der Waals surface area contributed by atoms with E-state index in [0.717, 1.165) is 31.0 Å². The summed E-state index contributed by atoms with van der Waals surface area (Å²) in [5.74, 6) is 2.31. The van der Waals surface area contributed by atoms with Crippen molar-refractivity contribution in [2.45, 2.75) is 57.6 Å². The molecule has 3 nitrogen and oxygen atoms in total. The van der Waals surface area contributed by atoms with E-state index in [1.165, 1.54) is 41.0 Å². The summed E-state index contributed by atoms with van der Waals surface area (Å²) < 4.78 is 2.41. The number of nitrogens with zero attached hydrogens (tertiary/aromatic N) is 2. The van der Waals surface area contributed by atoms with Crippen LogP contribution in [0.1, 0.15) is 44.5 Å². The number of hydrogen-bond donors (Lipinski definition) is 1. The van der Waals surface area contributed by atoms with Gasteiger partial charge in [0, 0.05) is 18.0 Å². The summed E-state index contributed by atoms with van der Waals surface area (Å²) >= 11 is 1.94. The highest BCUT2D eigenvalue weighted by atomic mass is 32.2. The number of aryl methyl sites for hydroxylation is 1. The maximum atomic E-state index is 4.91. The number of benzene rings is 2. The number of fused-ring (bicyclic) bond motifs is 1. The van der Waals surface area contributed by atoms with Gasteiger partial charge in [-0.3, -0.25) is 0 Å².